The molecule has 3 heterocycles. The number of hydrogen-bond acceptors (Lipinski definition) is 8. The molecule has 54 heavy (non-hydrogen) atoms. The summed E-state index contributed by atoms with van der Waals surface area (Å²) >= 11 is 0. The molecule has 2 fully saturated rings. The van der Waals surface area contributed by atoms with Crippen LogP contribution in [0, 0.1) is 5.41 Å². The molecule has 8 nitrogen and oxygen atoms in total. The third-order valence-corrected chi connectivity index (χ3v) is 12.6. The van der Waals surface area contributed by atoms with Crippen molar-refractivity contribution in [3.8, 4) is 0 Å². The Morgan fingerprint density at radius 3 is 1.56 bits per heavy atom. The van der Waals surface area contributed by atoms with Crippen LogP contribution < -0.4 is 20.9 Å². The molecule has 0 radical (unpaired) electrons. The molecule has 1 aromatic rings. The summed E-state index contributed by atoms with van der Waals surface area (Å²) in [5.74, 6) is 2.51. The molecule has 0 atom stereocenters. The Hall–Kier alpha value is -1.51. The molecule has 8 heteroatoms. The van der Waals surface area contributed by atoms with E-state index in [2.05, 4.69) is 150 Å². The highest BCUT2D eigenvalue weighted by Crippen LogP contribution is 2.37. The molecule has 0 aliphatic carbocycles. The van der Waals surface area contributed by atoms with Crippen LogP contribution in [0.3, 0.4) is 0 Å². The van der Waals surface area contributed by atoms with Crippen molar-refractivity contribution in [3.63, 3.8) is 0 Å². The Bertz CT molecular complexity index is 1270. The third-order valence-electron chi connectivity index (χ3n) is 12.6. The van der Waals surface area contributed by atoms with Crippen molar-refractivity contribution >= 4 is 11.9 Å². The summed E-state index contributed by atoms with van der Waals surface area (Å²) in [7, 11) is 0. The average Bonchev–Trinajstić information content (AvgIpc) is 2.98. The summed E-state index contributed by atoms with van der Waals surface area (Å²) in [6, 6.07) is 1.63. The largest absolute Gasteiger partial charge is 0.349 e. The van der Waals surface area contributed by atoms with Crippen LogP contribution in [0.15, 0.2) is 0 Å². The molecule has 2 aliphatic heterocycles. The summed E-state index contributed by atoms with van der Waals surface area (Å²) in [6.07, 6.45) is 14.9. The second-order valence-electron chi connectivity index (χ2n) is 22.5. The second-order valence-corrected chi connectivity index (χ2v) is 22.5. The zero-order chi connectivity index (χ0) is 41.0. The van der Waals surface area contributed by atoms with Crippen molar-refractivity contribution in [1.29, 1.82) is 0 Å². The first kappa shape index (κ1) is 46.9. The van der Waals surface area contributed by atoms with Gasteiger partial charge in [0.25, 0.3) is 0 Å². The number of nitrogens with one attached hydrogen (secondary N) is 3. The Labute approximate surface area is 335 Å². The molecule has 2 aliphatic rings. The van der Waals surface area contributed by atoms with Crippen molar-refractivity contribution < 1.29 is 0 Å². The van der Waals surface area contributed by atoms with Crippen molar-refractivity contribution in [2.45, 2.75) is 259 Å². The van der Waals surface area contributed by atoms with Crippen LogP contribution in [0.4, 0.5) is 11.9 Å². The highest BCUT2D eigenvalue weighted by molar-refractivity contribution is 5.41. The van der Waals surface area contributed by atoms with Crippen molar-refractivity contribution in [1.82, 2.24) is 30.5 Å². The quantitative estimate of drug-likeness (QED) is 0.120. The van der Waals surface area contributed by atoms with Gasteiger partial charge in [0.15, 0.2) is 0 Å². The summed E-state index contributed by atoms with van der Waals surface area (Å²) in [5, 5.41) is 11.7. The van der Waals surface area contributed by atoms with Gasteiger partial charge >= 0.3 is 0 Å². The maximum absolute atomic E-state index is 5.41. The Morgan fingerprint density at radius 2 is 1.11 bits per heavy atom. The van der Waals surface area contributed by atoms with Crippen molar-refractivity contribution in [2.24, 2.45) is 5.41 Å². The minimum Gasteiger partial charge on any atom is -0.349 e. The van der Waals surface area contributed by atoms with E-state index < -0.39 is 0 Å². The summed E-state index contributed by atoms with van der Waals surface area (Å²) in [4.78, 5) is 21.4. The third kappa shape index (κ3) is 13.9. The van der Waals surface area contributed by atoms with Gasteiger partial charge in [0.2, 0.25) is 11.9 Å². The molecule has 0 amide bonds. The predicted octanol–water partition coefficient (Wildman–Crippen LogP) is 11.1. The van der Waals surface area contributed by atoms with Crippen LogP contribution in [0.1, 0.15) is 214 Å². The van der Waals surface area contributed by atoms with Gasteiger partial charge in [0.1, 0.15) is 5.82 Å². The van der Waals surface area contributed by atoms with Gasteiger partial charge in [-0.2, -0.15) is 15.0 Å². The molecule has 0 saturated carbocycles. The van der Waals surface area contributed by atoms with E-state index in [1.807, 2.05) is 0 Å². The van der Waals surface area contributed by atoms with Gasteiger partial charge in [-0.1, -0.05) is 68.2 Å². The molecule has 0 aromatic carbocycles. The van der Waals surface area contributed by atoms with E-state index in [0.717, 1.165) is 62.8 Å². The van der Waals surface area contributed by atoms with E-state index in [9.17, 15) is 0 Å². The first-order valence-electron chi connectivity index (χ1n) is 22.3. The fourth-order valence-corrected chi connectivity index (χ4v) is 10.8. The van der Waals surface area contributed by atoms with E-state index in [4.69, 9.17) is 15.0 Å². The first-order chi connectivity index (χ1) is 24.7. The molecule has 3 rings (SSSR count). The first-order valence-corrected chi connectivity index (χ1v) is 22.3. The van der Waals surface area contributed by atoms with Crippen LogP contribution in [0.5, 0.6) is 0 Å². The van der Waals surface area contributed by atoms with Crippen LogP contribution in [-0.4, -0.2) is 78.8 Å². The number of aromatic nitrogens is 3. The fourth-order valence-electron chi connectivity index (χ4n) is 10.8. The molecule has 0 bridgehead atoms. The minimum absolute atomic E-state index is 0.0218. The number of rotatable bonds is 19. The number of nitrogens with zero attached hydrogens (tertiary/aromatic N) is 5. The monoisotopic (exact) mass is 755 g/mol. The Balaban J connectivity index is 1.89. The van der Waals surface area contributed by atoms with Gasteiger partial charge in [0.05, 0.1) is 0 Å². The van der Waals surface area contributed by atoms with Gasteiger partial charge in [-0.05, 0) is 152 Å². The van der Waals surface area contributed by atoms with Crippen LogP contribution in [0.2, 0.25) is 0 Å². The normalized spacial score (nSPS) is 20.8. The molecule has 3 N–H and O–H groups in total. The lowest BCUT2D eigenvalue weighted by Crippen LogP contribution is -2.63. The smallest absolute Gasteiger partial charge is 0.230 e. The van der Waals surface area contributed by atoms with Crippen LogP contribution >= 0.6 is 0 Å². The lowest BCUT2D eigenvalue weighted by molar-refractivity contribution is 0.0348. The van der Waals surface area contributed by atoms with E-state index in [-0.39, 0.29) is 38.5 Å². The Kier molecular flexibility index (Phi) is 15.6. The summed E-state index contributed by atoms with van der Waals surface area (Å²) in [5.41, 5.74) is 0.282. The van der Waals surface area contributed by atoms with Crippen LogP contribution in [-0.2, 0) is 5.41 Å². The Morgan fingerprint density at radius 1 is 0.648 bits per heavy atom. The summed E-state index contributed by atoms with van der Waals surface area (Å²) < 4.78 is 0. The van der Waals surface area contributed by atoms with E-state index in [1.54, 1.807) is 0 Å². The summed E-state index contributed by atoms with van der Waals surface area (Å²) in [6.45, 7) is 44.4. The fraction of sp³-hybridized carbons (Fsp3) is 0.935. The van der Waals surface area contributed by atoms with Crippen molar-refractivity contribution in [3.05, 3.63) is 5.82 Å². The maximum Gasteiger partial charge on any atom is 0.230 e. The number of unbranched alkanes of at least 4 members (excludes halogenated alkanes) is 3. The lowest BCUT2D eigenvalue weighted by atomic mass is 9.78. The molecular formula is C46H90N8. The zero-order valence-corrected chi connectivity index (χ0v) is 39.1. The second kappa shape index (κ2) is 18.0. The zero-order valence-electron chi connectivity index (χ0n) is 39.1. The van der Waals surface area contributed by atoms with Gasteiger partial charge in [-0.3, -0.25) is 4.90 Å². The molecule has 0 spiro atoms. The van der Waals surface area contributed by atoms with E-state index in [1.165, 1.54) is 51.5 Å². The predicted molar refractivity (Wildman–Crippen MR) is 235 cm³/mol. The van der Waals surface area contributed by atoms with Gasteiger partial charge in [0, 0.05) is 57.8 Å². The topological polar surface area (TPSA) is 81.2 Å². The van der Waals surface area contributed by atoms with E-state index in [0.29, 0.717) is 18.1 Å². The number of piperidine rings is 2. The maximum atomic E-state index is 5.41. The molecular weight excluding hydrogens is 665 g/mol. The van der Waals surface area contributed by atoms with Gasteiger partial charge in [-0.25, -0.2) is 0 Å². The highest BCUT2D eigenvalue weighted by atomic mass is 15.3. The molecule has 314 valence electrons. The number of anilines is 2. The lowest BCUT2D eigenvalue weighted by Gasteiger charge is -2.51. The number of hydrogen-bond donors (Lipinski definition) is 3. The minimum atomic E-state index is -0.158. The molecule has 2 saturated heterocycles. The van der Waals surface area contributed by atoms with E-state index >= 15 is 0 Å². The molecule has 1 aromatic heterocycles. The van der Waals surface area contributed by atoms with Crippen molar-refractivity contribution in [2.75, 3.05) is 23.3 Å². The van der Waals surface area contributed by atoms with Gasteiger partial charge < -0.3 is 20.9 Å². The highest BCUT2D eigenvalue weighted by Gasteiger charge is 2.43. The average molecular weight is 755 g/mol. The molecule has 0 unspecified atom stereocenters. The standard InChI is InChI=1S/C46H90N8/c1-19-34(20-2)53(35-29-41(8,9)51-42(10,11)30-35)27-25-23-24-26-28-54(36-31-43(12,13)52-44(14,15)32-36)39-48-37(46(18,21-3)22-4)47-38(49-39)50-45(16,17)33-40(5,6)7/h34-36,51-52H,19-33H2,1-18H3,(H,47,48,49,50). The SMILES string of the molecule is CCC(CC)N(CCCCCCN(c1nc(NC(C)(C)CC(C)(C)C)nc(C(C)(CC)CC)n1)C1CC(C)(C)NC(C)(C)C1)C1CC(C)(C)NC(C)(C)C1. The van der Waals surface area contributed by atoms with Gasteiger partial charge in [-0.15, -0.1) is 0 Å². The van der Waals surface area contributed by atoms with Crippen LogP contribution in [0.25, 0.3) is 0 Å².